The lowest BCUT2D eigenvalue weighted by molar-refractivity contribution is 0.292. The Bertz CT molecular complexity index is 664. The molecule has 1 aliphatic carbocycles. The van der Waals surface area contributed by atoms with Gasteiger partial charge in [-0.2, -0.15) is 0 Å². The van der Waals surface area contributed by atoms with Gasteiger partial charge in [-0.1, -0.05) is 61.7 Å². The normalized spacial score (nSPS) is 17.1. The molecule has 0 bridgehead atoms. The molecule has 3 heteroatoms. The fraction of sp³-hybridized carbons (Fsp3) is 0.364. The molecule has 2 nitrogen and oxygen atoms in total. The van der Waals surface area contributed by atoms with Crippen molar-refractivity contribution in [1.29, 1.82) is 0 Å². The number of benzene rings is 2. The molecular formula is C22H28NOP. The van der Waals surface area contributed by atoms with Crippen molar-refractivity contribution in [3.63, 3.8) is 0 Å². The molecule has 0 amide bonds. The fourth-order valence-corrected chi connectivity index (χ4v) is 6.44. The van der Waals surface area contributed by atoms with Gasteiger partial charge < -0.3 is 0 Å². The van der Waals surface area contributed by atoms with Crippen LogP contribution in [-0.4, -0.2) is 6.04 Å². The highest BCUT2D eigenvalue weighted by atomic mass is 31.2. The molecule has 1 fully saturated rings. The third-order valence-electron chi connectivity index (χ3n) is 5.23. The van der Waals surface area contributed by atoms with E-state index in [4.69, 9.17) is 0 Å². The maximum absolute atomic E-state index is 14.2. The Morgan fingerprint density at radius 2 is 1.48 bits per heavy atom. The molecule has 0 heterocycles. The summed E-state index contributed by atoms with van der Waals surface area (Å²) in [5, 5.41) is 5.38. The van der Waals surface area contributed by atoms with Gasteiger partial charge in [-0.3, -0.25) is 9.65 Å². The molecule has 132 valence electrons. The van der Waals surface area contributed by atoms with Crippen LogP contribution in [0.1, 0.15) is 38.5 Å². The van der Waals surface area contributed by atoms with Crippen molar-refractivity contribution >= 4 is 17.9 Å². The summed E-state index contributed by atoms with van der Waals surface area (Å²) in [4.78, 5) is 0. The van der Waals surface area contributed by atoms with Gasteiger partial charge in [-0.25, -0.2) is 0 Å². The van der Waals surface area contributed by atoms with Gasteiger partial charge in [-0.05, 0) is 49.4 Å². The fourth-order valence-electron chi connectivity index (χ4n) is 3.87. The van der Waals surface area contributed by atoms with Crippen molar-refractivity contribution in [3.8, 4) is 0 Å². The molecule has 0 radical (unpaired) electrons. The molecule has 1 atom stereocenters. The van der Waals surface area contributed by atoms with Gasteiger partial charge in [0.25, 0.3) is 0 Å². The summed E-state index contributed by atoms with van der Waals surface area (Å²) in [6, 6.07) is 19.9. The Hall–Kier alpha value is -1.63. The monoisotopic (exact) mass is 353 g/mol. The number of nitrogens with one attached hydrogen (secondary N) is 1. The van der Waals surface area contributed by atoms with E-state index in [0.29, 0.717) is 5.92 Å². The predicted molar refractivity (Wildman–Crippen MR) is 108 cm³/mol. The molecule has 3 rings (SSSR count). The summed E-state index contributed by atoms with van der Waals surface area (Å²) in [5.74, 6) is 0.576. The third-order valence-corrected chi connectivity index (χ3v) is 7.97. The van der Waals surface area contributed by atoms with Crippen molar-refractivity contribution in [1.82, 2.24) is 5.09 Å². The predicted octanol–water partition coefficient (Wildman–Crippen LogP) is 5.03. The van der Waals surface area contributed by atoms with Gasteiger partial charge in [0.05, 0.1) is 0 Å². The van der Waals surface area contributed by atoms with E-state index in [1.165, 1.54) is 32.1 Å². The molecule has 0 saturated heterocycles. The summed E-state index contributed by atoms with van der Waals surface area (Å²) < 4.78 is 14.2. The van der Waals surface area contributed by atoms with Crippen molar-refractivity contribution < 1.29 is 4.57 Å². The van der Waals surface area contributed by atoms with Crippen LogP contribution < -0.4 is 15.7 Å². The van der Waals surface area contributed by atoms with Crippen LogP contribution in [-0.2, 0) is 4.57 Å². The van der Waals surface area contributed by atoms with E-state index in [0.717, 1.165) is 17.0 Å². The van der Waals surface area contributed by atoms with E-state index in [1.807, 2.05) is 66.7 Å². The second-order valence-electron chi connectivity index (χ2n) is 6.94. The first-order valence-corrected chi connectivity index (χ1v) is 11.0. The van der Waals surface area contributed by atoms with Gasteiger partial charge in [0.1, 0.15) is 0 Å². The van der Waals surface area contributed by atoms with Crippen LogP contribution in [0.2, 0.25) is 0 Å². The molecule has 0 aromatic heterocycles. The Morgan fingerprint density at radius 1 is 0.960 bits per heavy atom. The molecule has 0 spiro atoms. The Morgan fingerprint density at radius 3 is 1.96 bits per heavy atom. The summed E-state index contributed by atoms with van der Waals surface area (Å²) in [7, 11) is -2.87. The molecule has 1 aliphatic rings. The van der Waals surface area contributed by atoms with Crippen LogP contribution in [0.3, 0.4) is 0 Å². The van der Waals surface area contributed by atoms with E-state index in [9.17, 15) is 4.57 Å². The minimum absolute atomic E-state index is 0.212. The second-order valence-corrected chi connectivity index (χ2v) is 9.45. The smallest absolute Gasteiger partial charge is 0.204 e. The zero-order chi connectivity index (χ0) is 17.5. The van der Waals surface area contributed by atoms with Gasteiger partial charge in [0, 0.05) is 16.7 Å². The highest BCUT2D eigenvalue weighted by molar-refractivity contribution is 7.76. The van der Waals surface area contributed by atoms with Crippen LogP contribution in [0.5, 0.6) is 0 Å². The van der Waals surface area contributed by atoms with Crippen molar-refractivity contribution in [2.45, 2.75) is 44.6 Å². The first-order valence-electron chi connectivity index (χ1n) is 9.34. The first-order chi connectivity index (χ1) is 12.2. The summed E-state index contributed by atoms with van der Waals surface area (Å²) in [6.07, 6.45) is 9.14. The zero-order valence-corrected chi connectivity index (χ0v) is 15.7. The lowest BCUT2D eigenvalue weighted by Crippen LogP contribution is -2.40. The van der Waals surface area contributed by atoms with Crippen molar-refractivity contribution in [3.05, 3.63) is 73.3 Å². The highest BCUT2D eigenvalue weighted by Crippen LogP contribution is 2.42. The van der Waals surface area contributed by atoms with E-state index < -0.39 is 7.29 Å². The Kier molecular flexibility index (Phi) is 6.29. The van der Waals surface area contributed by atoms with E-state index in [1.54, 1.807) is 0 Å². The minimum Gasteiger partial charge on any atom is -0.297 e. The molecule has 0 aliphatic heterocycles. The van der Waals surface area contributed by atoms with E-state index >= 15 is 0 Å². The minimum atomic E-state index is -2.87. The van der Waals surface area contributed by atoms with Crippen LogP contribution in [0.15, 0.2) is 73.3 Å². The summed E-state index contributed by atoms with van der Waals surface area (Å²) in [6.45, 7) is 3.94. The highest BCUT2D eigenvalue weighted by Gasteiger charge is 2.33. The van der Waals surface area contributed by atoms with Crippen molar-refractivity contribution in [2.75, 3.05) is 0 Å². The second kappa shape index (κ2) is 8.65. The molecule has 2 aromatic carbocycles. The quantitative estimate of drug-likeness (QED) is 0.559. The lowest BCUT2D eigenvalue weighted by Gasteiger charge is -2.34. The largest absolute Gasteiger partial charge is 0.297 e. The van der Waals surface area contributed by atoms with E-state index in [2.05, 4.69) is 11.7 Å². The molecule has 25 heavy (non-hydrogen) atoms. The maximum Gasteiger partial charge on any atom is 0.204 e. The first kappa shape index (κ1) is 18.2. The van der Waals surface area contributed by atoms with Crippen LogP contribution in [0.4, 0.5) is 0 Å². The topological polar surface area (TPSA) is 29.1 Å². The molecule has 1 saturated carbocycles. The van der Waals surface area contributed by atoms with Crippen LogP contribution in [0.25, 0.3) is 0 Å². The summed E-state index contributed by atoms with van der Waals surface area (Å²) >= 11 is 0. The number of hydrogen-bond donors (Lipinski definition) is 1. The number of rotatable bonds is 7. The summed E-state index contributed by atoms with van der Waals surface area (Å²) in [5.41, 5.74) is 0. The molecular weight excluding hydrogens is 325 g/mol. The van der Waals surface area contributed by atoms with Gasteiger partial charge in [0.15, 0.2) is 0 Å². The van der Waals surface area contributed by atoms with Crippen LogP contribution in [0, 0.1) is 5.92 Å². The van der Waals surface area contributed by atoms with Gasteiger partial charge >= 0.3 is 0 Å². The average Bonchev–Trinajstić information content (AvgIpc) is 2.69. The Balaban J connectivity index is 1.96. The maximum atomic E-state index is 14.2. The SMILES string of the molecule is C=CC[C@@H](NP(=O)(c1ccccc1)c1ccccc1)C1CCCCC1. The molecule has 1 N–H and O–H groups in total. The van der Waals surface area contributed by atoms with Crippen molar-refractivity contribution in [2.24, 2.45) is 5.92 Å². The lowest BCUT2D eigenvalue weighted by atomic mass is 9.83. The molecule has 2 aromatic rings. The Labute approximate surface area is 151 Å². The standard InChI is InChI=1S/C22H28NOP/c1-2-12-22(19-13-6-3-7-14-19)23-25(24,20-15-8-4-9-16-20)21-17-10-5-11-18-21/h2,4-5,8-11,15-19,22H,1,3,6-7,12-14H2,(H,23,24)/t22-/m1/s1. The average molecular weight is 353 g/mol. The van der Waals surface area contributed by atoms with E-state index in [-0.39, 0.29) is 6.04 Å². The van der Waals surface area contributed by atoms with Gasteiger partial charge in [-0.15, -0.1) is 6.58 Å². The van der Waals surface area contributed by atoms with Crippen LogP contribution >= 0.6 is 7.29 Å². The molecule has 0 unspecified atom stereocenters. The number of hydrogen-bond acceptors (Lipinski definition) is 1. The third kappa shape index (κ3) is 4.32. The zero-order valence-electron chi connectivity index (χ0n) is 14.8. The van der Waals surface area contributed by atoms with Gasteiger partial charge in [0.2, 0.25) is 7.29 Å².